The van der Waals surface area contributed by atoms with Crippen molar-refractivity contribution in [3.63, 3.8) is 0 Å². The first-order valence-corrected chi connectivity index (χ1v) is 5.86. The molecule has 0 aromatic rings. The van der Waals surface area contributed by atoms with Crippen molar-refractivity contribution in [2.24, 2.45) is 23.2 Å². The van der Waals surface area contributed by atoms with Crippen LogP contribution in [-0.4, -0.2) is 5.12 Å². The highest BCUT2D eigenvalue weighted by atomic mass is 32.1. The van der Waals surface area contributed by atoms with Gasteiger partial charge in [0.2, 0.25) is 0 Å². The molecule has 4 fully saturated rings. The second-order valence-electron chi connectivity index (χ2n) is 5.50. The van der Waals surface area contributed by atoms with Crippen LogP contribution in [0, 0.1) is 23.2 Å². The van der Waals surface area contributed by atoms with Crippen LogP contribution in [0.3, 0.4) is 0 Å². The third-order valence-electron chi connectivity index (χ3n) is 4.49. The van der Waals surface area contributed by atoms with Crippen molar-refractivity contribution in [1.29, 1.82) is 0 Å². The molecule has 4 aliphatic rings. The average Bonchev–Trinajstić information content (AvgIpc) is 2.00. The van der Waals surface area contributed by atoms with Gasteiger partial charge < -0.3 is 0 Å². The maximum Gasteiger partial charge on any atom is 0.192 e. The Kier molecular flexibility index (Phi) is 1.62. The van der Waals surface area contributed by atoms with Gasteiger partial charge >= 0.3 is 0 Å². The number of rotatable bonds is 1. The molecule has 0 heterocycles. The van der Waals surface area contributed by atoms with E-state index >= 15 is 0 Å². The molecular weight excluding hydrogens is 180 g/mol. The van der Waals surface area contributed by atoms with Gasteiger partial charge in [0.25, 0.3) is 0 Å². The zero-order chi connectivity index (χ0) is 9.05. The molecule has 0 spiro atoms. The van der Waals surface area contributed by atoms with Gasteiger partial charge in [-0.2, -0.15) is 0 Å². The van der Waals surface area contributed by atoms with E-state index in [4.69, 9.17) is 0 Å². The van der Waals surface area contributed by atoms with Crippen molar-refractivity contribution in [2.45, 2.75) is 38.5 Å². The average molecular weight is 196 g/mol. The summed E-state index contributed by atoms with van der Waals surface area (Å²) < 4.78 is 0. The fourth-order valence-corrected chi connectivity index (χ4v) is 4.65. The van der Waals surface area contributed by atoms with Gasteiger partial charge in [-0.15, -0.1) is 12.6 Å². The van der Waals surface area contributed by atoms with Crippen molar-refractivity contribution in [2.75, 3.05) is 0 Å². The van der Waals surface area contributed by atoms with Gasteiger partial charge in [-0.05, 0) is 56.3 Å². The van der Waals surface area contributed by atoms with Crippen molar-refractivity contribution in [3.05, 3.63) is 0 Å². The van der Waals surface area contributed by atoms with Gasteiger partial charge in [0, 0.05) is 5.41 Å². The monoisotopic (exact) mass is 196 g/mol. The standard InChI is InChI=1S/C11H16OS/c12-10(13)11-4-7-1-8(5-11)3-9(2-7)6-11/h7-9H,1-6H2,(H,12,13). The SMILES string of the molecule is O=C(S)C12CC3CC(CC(C3)C1)C2. The fourth-order valence-electron chi connectivity index (χ4n) is 4.37. The van der Waals surface area contributed by atoms with E-state index in [2.05, 4.69) is 12.6 Å². The molecule has 0 N–H and O–H groups in total. The van der Waals surface area contributed by atoms with E-state index in [-0.39, 0.29) is 10.5 Å². The molecule has 4 rings (SSSR count). The summed E-state index contributed by atoms with van der Waals surface area (Å²) in [6.07, 6.45) is 7.67. The fraction of sp³-hybridized carbons (Fsp3) is 0.909. The third kappa shape index (κ3) is 1.11. The maximum atomic E-state index is 11.6. The van der Waals surface area contributed by atoms with E-state index in [0.717, 1.165) is 37.0 Å². The van der Waals surface area contributed by atoms with E-state index in [1.54, 1.807) is 0 Å². The Labute approximate surface area is 84.7 Å². The van der Waals surface area contributed by atoms with Crippen molar-refractivity contribution < 1.29 is 4.79 Å². The molecule has 2 heteroatoms. The van der Waals surface area contributed by atoms with Gasteiger partial charge in [0.05, 0.1) is 0 Å². The number of carbonyl (C=O) groups excluding carboxylic acids is 1. The van der Waals surface area contributed by atoms with Crippen molar-refractivity contribution >= 4 is 17.7 Å². The minimum Gasteiger partial charge on any atom is -0.287 e. The lowest BCUT2D eigenvalue weighted by Crippen LogP contribution is -2.48. The zero-order valence-electron chi connectivity index (χ0n) is 7.83. The Morgan fingerprint density at radius 1 is 1.00 bits per heavy atom. The Morgan fingerprint density at radius 3 is 1.69 bits per heavy atom. The van der Waals surface area contributed by atoms with Crippen LogP contribution in [0.15, 0.2) is 0 Å². The smallest absolute Gasteiger partial charge is 0.192 e. The van der Waals surface area contributed by atoms with E-state index in [1.165, 1.54) is 19.3 Å². The quantitative estimate of drug-likeness (QED) is 0.638. The molecule has 0 saturated heterocycles. The predicted molar refractivity (Wildman–Crippen MR) is 54.6 cm³/mol. The lowest BCUT2D eigenvalue weighted by molar-refractivity contribution is -0.134. The van der Waals surface area contributed by atoms with Gasteiger partial charge in [-0.25, -0.2) is 0 Å². The summed E-state index contributed by atoms with van der Waals surface area (Å²) >= 11 is 4.10. The van der Waals surface area contributed by atoms with E-state index < -0.39 is 0 Å². The highest BCUT2D eigenvalue weighted by Gasteiger charge is 2.53. The van der Waals surface area contributed by atoms with Crippen LogP contribution in [-0.2, 0) is 4.79 Å². The Morgan fingerprint density at radius 2 is 1.38 bits per heavy atom. The van der Waals surface area contributed by atoms with Crippen LogP contribution in [0.5, 0.6) is 0 Å². The van der Waals surface area contributed by atoms with Crippen LogP contribution in [0.2, 0.25) is 0 Å². The summed E-state index contributed by atoms with van der Waals surface area (Å²) in [6.45, 7) is 0. The van der Waals surface area contributed by atoms with E-state index in [9.17, 15) is 4.79 Å². The molecular formula is C11H16OS. The van der Waals surface area contributed by atoms with Gasteiger partial charge in [-0.1, -0.05) is 0 Å². The number of hydrogen-bond acceptors (Lipinski definition) is 1. The van der Waals surface area contributed by atoms with Crippen LogP contribution >= 0.6 is 12.6 Å². The van der Waals surface area contributed by atoms with Crippen LogP contribution in [0.1, 0.15) is 38.5 Å². The molecule has 0 aromatic heterocycles. The maximum absolute atomic E-state index is 11.6. The van der Waals surface area contributed by atoms with Crippen molar-refractivity contribution in [1.82, 2.24) is 0 Å². The largest absolute Gasteiger partial charge is 0.287 e. The molecule has 0 aromatic carbocycles. The molecule has 72 valence electrons. The number of thiol groups is 1. The number of carbonyl (C=O) groups is 1. The molecule has 0 aliphatic heterocycles. The first-order valence-electron chi connectivity index (χ1n) is 5.41. The normalized spacial score (nSPS) is 52.5. The summed E-state index contributed by atoms with van der Waals surface area (Å²) in [5.74, 6) is 2.59. The molecule has 13 heavy (non-hydrogen) atoms. The highest BCUT2D eigenvalue weighted by molar-refractivity contribution is 7.96. The first-order chi connectivity index (χ1) is 6.18. The minimum absolute atomic E-state index is 0.0257. The summed E-state index contributed by atoms with van der Waals surface area (Å²) in [5.41, 5.74) is 0.0257. The van der Waals surface area contributed by atoms with Gasteiger partial charge in [0.15, 0.2) is 5.12 Å². The molecule has 0 radical (unpaired) electrons. The molecule has 4 saturated carbocycles. The summed E-state index contributed by atoms with van der Waals surface area (Å²) in [7, 11) is 0. The van der Waals surface area contributed by atoms with E-state index in [0.29, 0.717) is 0 Å². The molecule has 0 atom stereocenters. The van der Waals surface area contributed by atoms with Crippen LogP contribution < -0.4 is 0 Å². The molecule has 4 aliphatic carbocycles. The topological polar surface area (TPSA) is 17.1 Å². The Hall–Kier alpha value is 0.0200. The summed E-state index contributed by atoms with van der Waals surface area (Å²) in [6, 6.07) is 0. The minimum atomic E-state index is 0.0257. The van der Waals surface area contributed by atoms with Crippen molar-refractivity contribution in [3.8, 4) is 0 Å². The van der Waals surface area contributed by atoms with E-state index in [1.807, 2.05) is 0 Å². The van der Waals surface area contributed by atoms with Crippen LogP contribution in [0.4, 0.5) is 0 Å². The molecule has 0 unspecified atom stereocenters. The zero-order valence-corrected chi connectivity index (χ0v) is 8.72. The lowest BCUT2D eigenvalue weighted by Gasteiger charge is -2.55. The Bertz CT molecular complexity index is 224. The second-order valence-corrected chi connectivity index (χ2v) is 5.91. The molecule has 1 nitrogen and oxygen atoms in total. The van der Waals surface area contributed by atoms with Gasteiger partial charge in [0.1, 0.15) is 0 Å². The Balaban J connectivity index is 1.95. The number of hydrogen-bond donors (Lipinski definition) is 1. The molecule has 4 bridgehead atoms. The highest BCUT2D eigenvalue weighted by Crippen LogP contribution is 2.60. The molecule has 0 amide bonds. The first kappa shape index (κ1) is 8.34. The van der Waals surface area contributed by atoms with Gasteiger partial charge in [-0.3, -0.25) is 4.79 Å². The lowest BCUT2D eigenvalue weighted by atomic mass is 9.50. The summed E-state index contributed by atoms with van der Waals surface area (Å²) in [4.78, 5) is 11.6. The van der Waals surface area contributed by atoms with Crippen LogP contribution in [0.25, 0.3) is 0 Å². The predicted octanol–water partition coefficient (Wildman–Crippen LogP) is 2.66. The summed E-state index contributed by atoms with van der Waals surface area (Å²) in [5, 5.41) is 0.187. The second kappa shape index (κ2) is 2.53. The third-order valence-corrected chi connectivity index (χ3v) is 4.97.